The van der Waals surface area contributed by atoms with Gasteiger partial charge in [0, 0.05) is 0 Å². The van der Waals surface area contributed by atoms with Crippen molar-refractivity contribution in [3.63, 3.8) is 0 Å². The number of carbonyl (C=O) groups is 1. The number of hydroxylamine groups is 2. The second kappa shape index (κ2) is 4.40. The van der Waals surface area contributed by atoms with Crippen molar-refractivity contribution in [3.8, 4) is 0 Å². The highest BCUT2D eigenvalue weighted by Crippen LogP contribution is 2.09. The molecule has 1 heterocycles. The molecule has 0 aliphatic carbocycles. The van der Waals surface area contributed by atoms with Gasteiger partial charge in [0.05, 0.1) is 19.6 Å². The van der Waals surface area contributed by atoms with Crippen LogP contribution in [0.4, 0.5) is 4.39 Å². The summed E-state index contributed by atoms with van der Waals surface area (Å²) in [5.74, 6) is -0.359. The quantitative estimate of drug-likeness (QED) is 0.739. The van der Waals surface area contributed by atoms with Gasteiger partial charge in [-0.2, -0.15) is 0 Å². The number of hydrogen-bond donors (Lipinski definition) is 0. The van der Waals surface area contributed by atoms with Crippen LogP contribution in [0.15, 0.2) is 24.3 Å². The van der Waals surface area contributed by atoms with Gasteiger partial charge in [-0.3, -0.25) is 9.63 Å². The molecule has 1 fully saturated rings. The van der Waals surface area contributed by atoms with Crippen LogP contribution in [0.1, 0.15) is 12.0 Å². The molecule has 0 radical (unpaired) electrons. The van der Waals surface area contributed by atoms with E-state index in [1.54, 1.807) is 12.1 Å². The first-order valence-corrected chi connectivity index (χ1v) is 4.93. The van der Waals surface area contributed by atoms with Crippen molar-refractivity contribution in [3.05, 3.63) is 35.6 Å². The molecule has 3 nitrogen and oxygen atoms in total. The third kappa shape index (κ3) is 2.53. The third-order valence-corrected chi connectivity index (χ3v) is 2.30. The first-order chi connectivity index (χ1) is 7.25. The van der Waals surface area contributed by atoms with Crippen LogP contribution in [0.5, 0.6) is 0 Å². The molecule has 1 saturated heterocycles. The molecule has 80 valence electrons. The predicted octanol–water partition coefficient (Wildman–Crippen LogP) is 1.53. The van der Waals surface area contributed by atoms with Crippen LogP contribution in [0.3, 0.4) is 0 Å². The number of halogens is 1. The van der Waals surface area contributed by atoms with Crippen molar-refractivity contribution in [2.75, 3.05) is 13.2 Å². The molecule has 1 aliphatic rings. The van der Waals surface area contributed by atoms with Crippen LogP contribution in [0.2, 0.25) is 0 Å². The largest absolute Gasteiger partial charge is 0.272 e. The molecule has 0 bridgehead atoms. The predicted molar refractivity (Wildman–Crippen MR) is 52.4 cm³/mol. The second-order valence-electron chi connectivity index (χ2n) is 3.49. The number of rotatable bonds is 2. The molecule has 2 rings (SSSR count). The molecule has 1 aromatic rings. The van der Waals surface area contributed by atoms with E-state index < -0.39 is 0 Å². The Hall–Kier alpha value is -1.42. The molecule has 0 N–H and O–H groups in total. The van der Waals surface area contributed by atoms with Crippen molar-refractivity contribution >= 4 is 5.91 Å². The van der Waals surface area contributed by atoms with E-state index in [0.29, 0.717) is 13.2 Å². The number of hydrogen-bond acceptors (Lipinski definition) is 2. The van der Waals surface area contributed by atoms with Crippen molar-refractivity contribution < 1.29 is 14.0 Å². The first kappa shape index (κ1) is 10.1. The Morgan fingerprint density at radius 1 is 1.40 bits per heavy atom. The minimum absolute atomic E-state index is 0.0703. The van der Waals surface area contributed by atoms with E-state index in [1.807, 2.05) is 0 Å². The van der Waals surface area contributed by atoms with Crippen LogP contribution in [-0.4, -0.2) is 24.1 Å². The molecule has 0 saturated carbocycles. The lowest BCUT2D eigenvalue weighted by Crippen LogP contribution is -2.27. The lowest BCUT2D eigenvalue weighted by molar-refractivity contribution is -0.167. The van der Waals surface area contributed by atoms with Gasteiger partial charge in [-0.15, -0.1) is 0 Å². The van der Waals surface area contributed by atoms with Crippen molar-refractivity contribution in [2.24, 2.45) is 0 Å². The molecule has 15 heavy (non-hydrogen) atoms. The number of amides is 1. The topological polar surface area (TPSA) is 29.5 Å². The fourth-order valence-corrected chi connectivity index (χ4v) is 1.51. The van der Waals surface area contributed by atoms with Crippen LogP contribution < -0.4 is 0 Å². The normalized spacial score (nSPS) is 15.7. The highest BCUT2D eigenvalue weighted by atomic mass is 19.1. The van der Waals surface area contributed by atoms with Gasteiger partial charge in [0.15, 0.2) is 0 Å². The van der Waals surface area contributed by atoms with Gasteiger partial charge in [-0.25, -0.2) is 9.45 Å². The average Bonchev–Trinajstić information content (AvgIpc) is 2.74. The molecule has 0 aromatic heterocycles. The monoisotopic (exact) mass is 209 g/mol. The van der Waals surface area contributed by atoms with E-state index in [-0.39, 0.29) is 18.1 Å². The zero-order chi connectivity index (χ0) is 10.7. The van der Waals surface area contributed by atoms with Crippen LogP contribution in [0.25, 0.3) is 0 Å². The standard InChI is InChI=1S/C11H12FNO2/c12-10-4-2-9(3-5-10)8-11(14)13-6-1-7-15-13/h2-5H,1,6-8H2. The summed E-state index contributed by atoms with van der Waals surface area (Å²) in [5, 5.41) is 1.38. The zero-order valence-electron chi connectivity index (χ0n) is 8.28. The van der Waals surface area contributed by atoms with E-state index in [1.165, 1.54) is 17.2 Å². The third-order valence-electron chi connectivity index (χ3n) is 2.30. The van der Waals surface area contributed by atoms with Gasteiger partial charge >= 0.3 is 0 Å². The van der Waals surface area contributed by atoms with E-state index in [2.05, 4.69) is 0 Å². The molecule has 1 amide bonds. The van der Waals surface area contributed by atoms with Crippen molar-refractivity contribution in [1.82, 2.24) is 5.06 Å². The van der Waals surface area contributed by atoms with Gasteiger partial charge < -0.3 is 0 Å². The summed E-state index contributed by atoms with van der Waals surface area (Å²) >= 11 is 0. The fraction of sp³-hybridized carbons (Fsp3) is 0.364. The van der Waals surface area contributed by atoms with Crippen molar-refractivity contribution in [1.29, 1.82) is 0 Å². The Balaban J connectivity index is 1.96. The molecule has 4 heteroatoms. The summed E-state index contributed by atoms with van der Waals surface area (Å²) in [5.41, 5.74) is 0.803. The maximum absolute atomic E-state index is 12.6. The lowest BCUT2D eigenvalue weighted by atomic mass is 10.1. The molecular weight excluding hydrogens is 197 g/mol. The Morgan fingerprint density at radius 2 is 2.13 bits per heavy atom. The Labute approximate surface area is 87.4 Å². The molecule has 0 spiro atoms. The lowest BCUT2D eigenvalue weighted by Gasteiger charge is -2.13. The summed E-state index contributed by atoms with van der Waals surface area (Å²) in [6.45, 7) is 1.26. The minimum Gasteiger partial charge on any atom is -0.272 e. The van der Waals surface area contributed by atoms with Gasteiger partial charge in [0.1, 0.15) is 5.82 Å². The Kier molecular flexibility index (Phi) is 2.97. The molecule has 1 aliphatic heterocycles. The number of benzene rings is 1. The van der Waals surface area contributed by atoms with E-state index >= 15 is 0 Å². The SMILES string of the molecule is O=C(Cc1ccc(F)cc1)N1CCCO1. The van der Waals surface area contributed by atoms with Crippen LogP contribution >= 0.6 is 0 Å². The smallest absolute Gasteiger partial charge is 0.250 e. The Morgan fingerprint density at radius 3 is 2.73 bits per heavy atom. The van der Waals surface area contributed by atoms with E-state index in [9.17, 15) is 9.18 Å². The zero-order valence-corrected chi connectivity index (χ0v) is 8.28. The fourth-order valence-electron chi connectivity index (χ4n) is 1.51. The summed E-state index contributed by atoms with van der Waals surface area (Å²) in [4.78, 5) is 16.7. The van der Waals surface area contributed by atoms with Gasteiger partial charge in [-0.1, -0.05) is 12.1 Å². The van der Waals surface area contributed by atoms with Gasteiger partial charge in [-0.05, 0) is 24.1 Å². The Bertz CT molecular complexity index is 344. The summed E-state index contributed by atoms with van der Waals surface area (Å²) in [6, 6.07) is 5.94. The maximum atomic E-state index is 12.6. The summed E-state index contributed by atoms with van der Waals surface area (Å²) < 4.78 is 12.6. The van der Waals surface area contributed by atoms with Crippen molar-refractivity contribution in [2.45, 2.75) is 12.8 Å². The number of nitrogens with zero attached hydrogens (tertiary/aromatic N) is 1. The number of carbonyl (C=O) groups excluding carboxylic acids is 1. The highest BCUT2D eigenvalue weighted by Gasteiger charge is 2.19. The van der Waals surface area contributed by atoms with Gasteiger partial charge in [0.2, 0.25) is 0 Å². The maximum Gasteiger partial charge on any atom is 0.250 e. The second-order valence-corrected chi connectivity index (χ2v) is 3.49. The minimum atomic E-state index is -0.288. The average molecular weight is 209 g/mol. The van der Waals surface area contributed by atoms with E-state index in [4.69, 9.17) is 4.84 Å². The molecule has 0 atom stereocenters. The summed E-state index contributed by atoms with van der Waals surface area (Å²) in [7, 11) is 0. The van der Waals surface area contributed by atoms with E-state index in [0.717, 1.165) is 12.0 Å². The first-order valence-electron chi connectivity index (χ1n) is 4.93. The molecular formula is C11H12FNO2. The summed E-state index contributed by atoms with van der Waals surface area (Å²) in [6.07, 6.45) is 1.15. The van der Waals surface area contributed by atoms with Gasteiger partial charge in [0.25, 0.3) is 5.91 Å². The highest BCUT2D eigenvalue weighted by molar-refractivity contribution is 5.77. The van der Waals surface area contributed by atoms with Crippen LogP contribution in [0, 0.1) is 5.82 Å². The molecule has 0 unspecified atom stereocenters. The van der Waals surface area contributed by atoms with Crippen LogP contribution in [-0.2, 0) is 16.1 Å². The molecule has 1 aromatic carbocycles.